The molecule has 10 nitrogen and oxygen atoms in total. The van der Waals surface area contributed by atoms with Crippen molar-refractivity contribution in [3.63, 3.8) is 0 Å². The molecule has 11 heteroatoms. The van der Waals surface area contributed by atoms with E-state index in [-0.39, 0.29) is 47.5 Å². The van der Waals surface area contributed by atoms with Gasteiger partial charge in [-0.2, -0.15) is 9.97 Å². The van der Waals surface area contributed by atoms with E-state index in [0.717, 1.165) is 69.1 Å². The summed E-state index contributed by atoms with van der Waals surface area (Å²) >= 11 is 0. The first-order valence-electron chi connectivity index (χ1n) is 17.5. The third kappa shape index (κ3) is 5.66. The highest BCUT2D eigenvalue weighted by Gasteiger charge is 2.44. The maximum atomic E-state index is 16.8. The molecule has 2 N–H and O–H groups in total. The zero-order valence-corrected chi connectivity index (χ0v) is 27.7. The molecule has 2 bridgehead atoms. The van der Waals surface area contributed by atoms with Crippen LogP contribution in [-0.4, -0.2) is 113 Å². The van der Waals surface area contributed by atoms with Gasteiger partial charge >= 0.3 is 12.0 Å². The Morgan fingerprint density at radius 2 is 1.79 bits per heavy atom. The highest BCUT2D eigenvalue weighted by atomic mass is 19.1. The predicted molar refractivity (Wildman–Crippen MR) is 185 cm³/mol. The number of phenols is 1. The zero-order chi connectivity index (χ0) is 32.9. The summed E-state index contributed by atoms with van der Waals surface area (Å²) in [6.07, 6.45) is 4.97. The van der Waals surface area contributed by atoms with Gasteiger partial charge in [0.2, 0.25) is 0 Å². The number of hydrogen-bond acceptors (Lipinski definition) is 8. The molecule has 0 aliphatic carbocycles. The van der Waals surface area contributed by atoms with Gasteiger partial charge < -0.3 is 34.8 Å². The molecule has 0 radical (unpaired) electrons. The molecule has 3 aromatic carbocycles. The van der Waals surface area contributed by atoms with Gasteiger partial charge in [-0.25, -0.2) is 9.18 Å². The Morgan fingerprint density at radius 3 is 2.54 bits per heavy atom. The van der Waals surface area contributed by atoms with Crippen molar-refractivity contribution in [2.24, 2.45) is 0 Å². The van der Waals surface area contributed by atoms with Crippen LogP contribution < -0.4 is 15.0 Å². The number of halogens is 1. The lowest BCUT2D eigenvalue weighted by molar-refractivity contribution is 0.158. The number of hydrogen-bond donors (Lipinski definition) is 2. The third-order valence-electron chi connectivity index (χ3n) is 11.0. The van der Waals surface area contributed by atoms with Crippen LogP contribution in [0.15, 0.2) is 48.5 Å². The lowest BCUT2D eigenvalue weighted by atomic mass is 9.96. The van der Waals surface area contributed by atoms with E-state index in [1.807, 2.05) is 35.2 Å². The smallest absolute Gasteiger partial charge is 0.319 e. The number of nitrogens with zero attached hydrogens (tertiary/aromatic N) is 6. The molecular formula is C37H44FN7O3. The summed E-state index contributed by atoms with van der Waals surface area (Å²) in [6.45, 7) is 7.73. The minimum atomic E-state index is -0.478. The summed E-state index contributed by atoms with van der Waals surface area (Å²) in [5, 5.41) is 16.1. The molecule has 4 aliphatic heterocycles. The molecule has 0 saturated carbocycles. The predicted octanol–water partition coefficient (Wildman–Crippen LogP) is 5.22. The van der Waals surface area contributed by atoms with Gasteiger partial charge in [0.25, 0.3) is 0 Å². The Kier molecular flexibility index (Phi) is 8.20. The lowest BCUT2D eigenvalue weighted by Gasteiger charge is -2.42. The molecule has 4 saturated heterocycles. The van der Waals surface area contributed by atoms with E-state index in [2.05, 4.69) is 39.0 Å². The third-order valence-corrected chi connectivity index (χ3v) is 11.0. The molecule has 5 heterocycles. The topological polar surface area (TPSA) is 97.3 Å². The molecule has 4 aliphatic rings. The fourth-order valence-corrected chi connectivity index (χ4v) is 8.41. The van der Waals surface area contributed by atoms with E-state index in [4.69, 9.17) is 9.72 Å². The second-order valence-electron chi connectivity index (χ2n) is 14.0. The summed E-state index contributed by atoms with van der Waals surface area (Å²) in [5.74, 6) is 0.227. The Hall–Kier alpha value is -4.22. The molecule has 1 aromatic heterocycles. The number of urea groups is 1. The zero-order valence-electron chi connectivity index (χ0n) is 27.7. The number of anilines is 1. The van der Waals surface area contributed by atoms with Gasteiger partial charge in [0.15, 0.2) is 5.82 Å². The number of benzene rings is 3. The minimum absolute atomic E-state index is 0.0244. The molecule has 2 amide bonds. The second kappa shape index (κ2) is 12.7. The van der Waals surface area contributed by atoms with Crippen LogP contribution in [-0.2, 0) is 0 Å². The number of ether oxygens (including phenoxy) is 1. The van der Waals surface area contributed by atoms with Gasteiger partial charge in [0.1, 0.15) is 23.7 Å². The van der Waals surface area contributed by atoms with E-state index >= 15 is 4.39 Å². The number of likely N-dealkylation sites (tertiary alicyclic amines) is 2. The summed E-state index contributed by atoms with van der Waals surface area (Å²) in [4.78, 5) is 32.1. The first-order valence-corrected chi connectivity index (χ1v) is 17.5. The van der Waals surface area contributed by atoms with Crippen LogP contribution in [0.1, 0.15) is 39.0 Å². The first kappa shape index (κ1) is 31.1. The normalized spacial score (nSPS) is 24.6. The van der Waals surface area contributed by atoms with Gasteiger partial charge in [-0.15, -0.1) is 0 Å². The molecule has 4 atom stereocenters. The number of carbonyl (C=O) groups is 1. The average Bonchev–Trinajstić information content (AvgIpc) is 3.80. The molecule has 0 spiro atoms. The van der Waals surface area contributed by atoms with E-state index in [1.165, 1.54) is 0 Å². The number of aromatic nitrogens is 2. The van der Waals surface area contributed by atoms with Crippen molar-refractivity contribution >= 4 is 33.5 Å². The fraction of sp³-hybridized carbons (Fsp3) is 0.486. The van der Waals surface area contributed by atoms with E-state index < -0.39 is 5.82 Å². The number of nitrogens with one attached hydrogen (secondary N) is 1. The average molecular weight is 654 g/mol. The molecule has 1 unspecified atom stereocenters. The maximum Gasteiger partial charge on any atom is 0.319 e. The molecular weight excluding hydrogens is 609 g/mol. The Balaban J connectivity index is 1.14. The van der Waals surface area contributed by atoms with Crippen molar-refractivity contribution in [1.82, 2.24) is 30.0 Å². The van der Waals surface area contributed by atoms with Gasteiger partial charge in [0.05, 0.1) is 12.1 Å². The number of aromatic hydroxyl groups is 1. The number of phenolic OH excluding ortho intramolecular Hbond substituents is 1. The van der Waals surface area contributed by atoms with E-state index in [1.54, 1.807) is 18.2 Å². The highest BCUT2D eigenvalue weighted by molar-refractivity contribution is 6.01. The van der Waals surface area contributed by atoms with Crippen molar-refractivity contribution in [2.45, 2.75) is 63.2 Å². The highest BCUT2D eigenvalue weighted by Crippen LogP contribution is 2.40. The van der Waals surface area contributed by atoms with E-state index in [0.29, 0.717) is 42.0 Å². The summed E-state index contributed by atoms with van der Waals surface area (Å²) in [5.41, 5.74) is 1.15. The largest absolute Gasteiger partial charge is 0.508 e. The van der Waals surface area contributed by atoms with Crippen LogP contribution in [0.4, 0.5) is 15.0 Å². The van der Waals surface area contributed by atoms with Crippen molar-refractivity contribution in [3.8, 4) is 22.9 Å². The van der Waals surface area contributed by atoms with Crippen molar-refractivity contribution in [3.05, 3.63) is 54.3 Å². The van der Waals surface area contributed by atoms with Crippen LogP contribution in [0.2, 0.25) is 0 Å². The summed E-state index contributed by atoms with van der Waals surface area (Å²) < 4.78 is 23.0. The van der Waals surface area contributed by atoms with Gasteiger partial charge in [-0.05, 0) is 86.8 Å². The summed E-state index contributed by atoms with van der Waals surface area (Å²) in [6, 6.07) is 15.3. The first-order chi connectivity index (χ1) is 23.4. The van der Waals surface area contributed by atoms with Crippen molar-refractivity contribution < 1.29 is 19.0 Å². The standard InChI is InChI=1S/C37H44FN7O3/c1-3-43-16-14-24(19-43)39-37(47)45-25-10-11-26(45)21-44(20-25)35-31-13-12-30(32-18-28(46)17-23-7-4-5-9-29(23)32)33(38)34(31)40-36(41-35)48-22-27-8-6-15-42(27)2/h4-5,7,9,12-13,17-18,24-27,46H,3,6,8,10-11,14-16,19-22H2,1-2H3,(H,39,47)/t24-,25-,26+,27?/m0/s1. The van der Waals surface area contributed by atoms with E-state index in [9.17, 15) is 9.90 Å². The molecule has 4 fully saturated rings. The Labute approximate surface area is 280 Å². The Morgan fingerprint density at radius 1 is 0.979 bits per heavy atom. The number of rotatable bonds is 7. The molecule has 4 aromatic rings. The minimum Gasteiger partial charge on any atom is -0.508 e. The van der Waals surface area contributed by atoms with Crippen LogP contribution in [0, 0.1) is 5.82 Å². The van der Waals surface area contributed by atoms with Crippen LogP contribution in [0.5, 0.6) is 11.8 Å². The molecule has 48 heavy (non-hydrogen) atoms. The number of piperazine rings is 1. The Bertz CT molecular complexity index is 1840. The SMILES string of the molecule is CCN1CC[C@H](NC(=O)N2[C@@H]3CC[C@H]2CN(c2nc(OCC4CCCN4C)nc4c(F)c(-c5cc(O)cc6ccccc56)ccc24)C3)C1. The quantitative estimate of drug-likeness (QED) is 0.280. The van der Waals surface area contributed by atoms with Crippen LogP contribution >= 0.6 is 0 Å². The number of likely N-dealkylation sites (N-methyl/N-ethyl adjacent to an activating group) is 2. The van der Waals surface area contributed by atoms with Crippen molar-refractivity contribution in [1.29, 1.82) is 0 Å². The molecule has 8 rings (SSSR count). The van der Waals surface area contributed by atoms with Crippen LogP contribution in [0.3, 0.4) is 0 Å². The number of amides is 2. The maximum absolute atomic E-state index is 16.8. The number of carbonyl (C=O) groups excluding carboxylic acids is 1. The van der Waals surface area contributed by atoms with Crippen LogP contribution in [0.25, 0.3) is 32.8 Å². The number of fused-ring (bicyclic) bond motifs is 4. The fourth-order valence-electron chi connectivity index (χ4n) is 8.41. The summed E-state index contributed by atoms with van der Waals surface area (Å²) in [7, 11) is 2.09. The van der Waals surface area contributed by atoms with Crippen molar-refractivity contribution in [2.75, 3.05) is 57.8 Å². The van der Waals surface area contributed by atoms with Gasteiger partial charge in [-0.1, -0.05) is 37.3 Å². The molecule has 252 valence electrons. The second-order valence-corrected chi connectivity index (χ2v) is 14.0. The van der Waals surface area contributed by atoms with Gasteiger partial charge in [0, 0.05) is 49.2 Å². The monoisotopic (exact) mass is 653 g/mol. The van der Waals surface area contributed by atoms with Gasteiger partial charge in [-0.3, -0.25) is 0 Å². The lowest BCUT2D eigenvalue weighted by Crippen LogP contribution is -2.59.